The second-order valence-corrected chi connectivity index (χ2v) is 9.07. The number of fused-ring (bicyclic) bond motifs is 1. The van der Waals surface area contributed by atoms with Gasteiger partial charge in [0.05, 0.1) is 10.4 Å². The minimum absolute atomic E-state index is 0.0281. The molecule has 4 N–H and O–H groups in total. The molecule has 2 heterocycles. The number of hydrogen-bond acceptors (Lipinski definition) is 7. The summed E-state index contributed by atoms with van der Waals surface area (Å²) in [4.78, 5) is 8.55. The van der Waals surface area contributed by atoms with E-state index < -0.39 is 15.7 Å². The number of nitrogens with one attached hydrogen (secondary N) is 2. The number of aromatic nitrogens is 4. The molecule has 154 valence electrons. The van der Waals surface area contributed by atoms with E-state index >= 15 is 0 Å². The van der Waals surface area contributed by atoms with Crippen LogP contribution in [0.4, 0.5) is 22.0 Å². The van der Waals surface area contributed by atoms with E-state index in [4.69, 9.17) is 5.73 Å². The maximum atomic E-state index is 13.7. The summed E-state index contributed by atoms with van der Waals surface area (Å²) in [6.45, 7) is 3.62. The fourth-order valence-corrected chi connectivity index (χ4v) is 4.38. The van der Waals surface area contributed by atoms with Gasteiger partial charge in [0.2, 0.25) is 5.95 Å². The Morgan fingerprint density at radius 1 is 1.07 bits per heavy atom. The first kappa shape index (κ1) is 19.8. The molecule has 0 spiro atoms. The topological polar surface area (TPSA) is 127 Å². The number of hydrogen-bond donors (Lipinski definition) is 3. The van der Waals surface area contributed by atoms with Crippen molar-refractivity contribution in [1.82, 2.24) is 20.2 Å². The SMILES string of the molecule is Cc1cc(C)c(S(C)(=O)=O)cc1-c1cnc(N)nc1Nc1n[nH]c2ccc(F)cc12. The van der Waals surface area contributed by atoms with Gasteiger partial charge in [0.15, 0.2) is 15.7 Å². The van der Waals surface area contributed by atoms with Gasteiger partial charge in [-0.2, -0.15) is 10.1 Å². The van der Waals surface area contributed by atoms with Crippen LogP contribution >= 0.6 is 0 Å². The highest BCUT2D eigenvalue weighted by molar-refractivity contribution is 7.90. The number of aromatic amines is 1. The molecule has 2 aromatic heterocycles. The van der Waals surface area contributed by atoms with Crippen LogP contribution in [0.2, 0.25) is 0 Å². The predicted octanol–water partition coefficient (Wildman–Crippen LogP) is 3.51. The molecule has 0 amide bonds. The second kappa shape index (κ2) is 7.06. The third-order valence-corrected chi connectivity index (χ3v) is 6.02. The molecule has 4 aromatic rings. The van der Waals surface area contributed by atoms with Gasteiger partial charge >= 0.3 is 0 Å². The number of halogens is 1. The van der Waals surface area contributed by atoms with Gasteiger partial charge in [-0.1, -0.05) is 6.07 Å². The molecule has 0 aliphatic carbocycles. The lowest BCUT2D eigenvalue weighted by atomic mass is 10.00. The van der Waals surface area contributed by atoms with Gasteiger partial charge in [0, 0.05) is 23.4 Å². The normalized spacial score (nSPS) is 11.7. The smallest absolute Gasteiger partial charge is 0.221 e. The molecule has 10 heteroatoms. The summed E-state index contributed by atoms with van der Waals surface area (Å²) in [5, 5.41) is 10.6. The van der Waals surface area contributed by atoms with Crippen molar-refractivity contribution in [1.29, 1.82) is 0 Å². The number of nitrogen functional groups attached to an aromatic ring is 1. The molecular formula is C20H19FN6O2S. The Morgan fingerprint density at radius 2 is 1.83 bits per heavy atom. The molecule has 0 saturated heterocycles. The van der Waals surface area contributed by atoms with Gasteiger partial charge in [-0.05, 0) is 54.8 Å². The van der Waals surface area contributed by atoms with E-state index in [9.17, 15) is 12.8 Å². The summed E-state index contributed by atoms with van der Waals surface area (Å²) >= 11 is 0. The van der Waals surface area contributed by atoms with E-state index in [1.165, 1.54) is 18.3 Å². The van der Waals surface area contributed by atoms with Crippen LogP contribution in [-0.2, 0) is 9.84 Å². The molecule has 0 saturated carbocycles. The lowest BCUT2D eigenvalue weighted by Crippen LogP contribution is -2.05. The first-order valence-corrected chi connectivity index (χ1v) is 10.9. The maximum Gasteiger partial charge on any atom is 0.221 e. The van der Waals surface area contributed by atoms with Crippen molar-refractivity contribution in [2.24, 2.45) is 0 Å². The highest BCUT2D eigenvalue weighted by Gasteiger charge is 2.18. The van der Waals surface area contributed by atoms with Gasteiger partial charge in [0.1, 0.15) is 11.6 Å². The van der Waals surface area contributed by atoms with Crippen molar-refractivity contribution >= 4 is 38.3 Å². The van der Waals surface area contributed by atoms with E-state index in [1.54, 1.807) is 25.1 Å². The Morgan fingerprint density at radius 3 is 2.57 bits per heavy atom. The molecule has 30 heavy (non-hydrogen) atoms. The predicted molar refractivity (Wildman–Crippen MR) is 114 cm³/mol. The Kier molecular flexibility index (Phi) is 4.65. The summed E-state index contributed by atoms with van der Waals surface area (Å²) in [6, 6.07) is 7.67. The summed E-state index contributed by atoms with van der Waals surface area (Å²) < 4.78 is 38.1. The highest BCUT2D eigenvalue weighted by atomic mass is 32.2. The van der Waals surface area contributed by atoms with Crippen LogP contribution < -0.4 is 11.1 Å². The minimum Gasteiger partial charge on any atom is -0.368 e. The third-order valence-electron chi connectivity index (χ3n) is 4.78. The Labute approximate surface area is 172 Å². The van der Waals surface area contributed by atoms with Gasteiger partial charge in [-0.15, -0.1) is 0 Å². The Hall–Kier alpha value is -3.53. The van der Waals surface area contributed by atoms with E-state index in [1.807, 2.05) is 6.92 Å². The number of H-pyrrole nitrogens is 1. The number of nitrogens with zero attached hydrogens (tertiary/aromatic N) is 3. The molecule has 0 aliphatic rings. The number of anilines is 3. The van der Waals surface area contributed by atoms with E-state index in [-0.39, 0.29) is 10.8 Å². The van der Waals surface area contributed by atoms with Crippen LogP contribution in [0.1, 0.15) is 11.1 Å². The molecule has 0 bridgehead atoms. The van der Waals surface area contributed by atoms with Gasteiger partial charge < -0.3 is 11.1 Å². The number of sulfone groups is 1. The van der Waals surface area contributed by atoms with Gasteiger partial charge in [-0.3, -0.25) is 5.10 Å². The lowest BCUT2D eigenvalue weighted by molar-refractivity contribution is 0.601. The molecule has 0 unspecified atom stereocenters. The average Bonchev–Trinajstić information content (AvgIpc) is 3.03. The van der Waals surface area contributed by atoms with Crippen molar-refractivity contribution in [2.45, 2.75) is 18.7 Å². The number of benzene rings is 2. The van der Waals surface area contributed by atoms with Gasteiger partial charge in [0.25, 0.3) is 0 Å². The zero-order valence-electron chi connectivity index (χ0n) is 16.5. The number of nitrogens with two attached hydrogens (primary N) is 1. The number of rotatable bonds is 4. The zero-order chi connectivity index (χ0) is 21.6. The van der Waals surface area contributed by atoms with Crippen molar-refractivity contribution in [2.75, 3.05) is 17.3 Å². The fourth-order valence-electron chi connectivity index (χ4n) is 3.40. The first-order chi connectivity index (χ1) is 14.1. The summed E-state index contributed by atoms with van der Waals surface area (Å²) in [6.07, 6.45) is 2.68. The average molecular weight is 426 g/mol. The third kappa shape index (κ3) is 3.57. The van der Waals surface area contributed by atoms with Crippen LogP contribution in [-0.4, -0.2) is 34.8 Å². The molecular weight excluding hydrogens is 407 g/mol. The molecule has 0 atom stereocenters. The molecule has 2 aromatic carbocycles. The minimum atomic E-state index is -3.43. The quantitative estimate of drug-likeness (QED) is 0.456. The van der Waals surface area contributed by atoms with Crippen molar-refractivity contribution in [3.05, 3.63) is 53.5 Å². The lowest BCUT2D eigenvalue weighted by Gasteiger charge is -2.15. The van der Waals surface area contributed by atoms with E-state index in [0.717, 1.165) is 11.8 Å². The maximum absolute atomic E-state index is 13.7. The molecule has 4 rings (SSSR count). The van der Waals surface area contributed by atoms with E-state index in [2.05, 4.69) is 25.5 Å². The van der Waals surface area contributed by atoms with Crippen LogP contribution in [0.3, 0.4) is 0 Å². The Balaban J connectivity index is 1.89. The van der Waals surface area contributed by atoms with E-state index in [0.29, 0.717) is 39.2 Å². The standard InChI is InChI=1S/C20H19FN6O2S/c1-10-6-11(2)17(30(3,28)29)8-13(10)15-9-23-20(22)25-18(15)24-19-14-7-12(21)4-5-16(14)26-27-19/h4-9H,1-3H3,(H4,22,23,24,25,26,27). The summed E-state index contributed by atoms with van der Waals surface area (Å²) in [5.41, 5.74) is 9.10. The largest absolute Gasteiger partial charge is 0.368 e. The second-order valence-electron chi connectivity index (χ2n) is 7.08. The monoisotopic (exact) mass is 426 g/mol. The van der Waals surface area contributed by atoms with Gasteiger partial charge in [-0.25, -0.2) is 17.8 Å². The Bertz CT molecular complexity index is 1400. The van der Waals surface area contributed by atoms with Crippen LogP contribution in [0.15, 0.2) is 41.4 Å². The molecule has 0 aliphatic heterocycles. The fraction of sp³-hybridized carbons (Fsp3) is 0.150. The van der Waals surface area contributed by atoms with Crippen molar-refractivity contribution < 1.29 is 12.8 Å². The van der Waals surface area contributed by atoms with Crippen LogP contribution in [0.5, 0.6) is 0 Å². The molecule has 0 fully saturated rings. The highest BCUT2D eigenvalue weighted by Crippen LogP contribution is 2.35. The summed E-state index contributed by atoms with van der Waals surface area (Å²) in [5.74, 6) is 0.311. The van der Waals surface area contributed by atoms with Crippen LogP contribution in [0.25, 0.3) is 22.0 Å². The number of aryl methyl sites for hydroxylation is 2. The zero-order valence-corrected chi connectivity index (χ0v) is 17.3. The molecule has 8 nitrogen and oxygen atoms in total. The first-order valence-electron chi connectivity index (χ1n) is 8.98. The van der Waals surface area contributed by atoms with Crippen LogP contribution in [0, 0.1) is 19.7 Å². The summed E-state index contributed by atoms with van der Waals surface area (Å²) in [7, 11) is -3.43. The van der Waals surface area contributed by atoms with Crippen molar-refractivity contribution in [3.8, 4) is 11.1 Å². The van der Waals surface area contributed by atoms with Crippen molar-refractivity contribution in [3.63, 3.8) is 0 Å². The molecule has 0 radical (unpaired) electrons.